The van der Waals surface area contributed by atoms with Gasteiger partial charge in [-0.25, -0.2) is 0 Å². The Bertz CT molecular complexity index is 773. The lowest BCUT2D eigenvalue weighted by atomic mass is 10.0. The van der Waals surface area contributed by atoms with Crippen molar-refractivity contribution in [2.24, 2.45) is 0 Å². The molecule has 3 aromatic rings. The van der Waals surface area contributed by atoms with E-state index in [-0.39, 0.29) is 6.10 Å². The van der Waals surface area contributed by atoms with Crippen molar-refractivity contribution in [3.05, 3.63) is 86.8 Å². The molecule has 25 heavy (non-hydrogen) atoms. The molecule has 0 N–H and O–H groups in total. The summed E-state index contributed by atoms with van der Waals surface area (Å²) in [5.41, 5.74) is 5.18. The van der Waals surface area contributed by atoms with E-state index in [1.165, 1.54) is 22.3 Å². The van der Waals surface area contributed by atoms with Crippen LogP contribution in [0.3, 0.4) is 0 Å². The molecule has 2 aromatic heterocycles. The molecule has 1 fully saturated rings. The van der Waals surface area contributed by atoms with Gasteiger partial charge in [0.15, 0.2) is 0 Å². The minimum absolute atomic E-state index is 0.153. The van der Waals surface area contributed by atoms with Crippen LogP contribution < -0.4 is 0 Å². The van der Waals surface area contributed by atoms with Crippen LogP contribution in [-0.2, 0) is 4.74 Å². The maximum absolute atomic E-state index is 6.08. The number of ether oxygens (including phenoxy) is 1. The molecule has 0 spiro atoms. The molecule has 0 bridgehead atoms. The summed E-state index contributed by atoms with van der Waals surface area (Å²) in [6.45, 7) is 3.83. The number of thiophene rings is 2. The average molecular weight is 368 g/mol. The van der Waals surface area contributed by atoms with E-state index in [9.17, 15) is 0 Å². The summed E-state index contributed by atoms with van der Waals surface area (Å²) in [5.74, 6) is 0. The molecule has 0 aliphatic carbocycles. The first-order valence-corrected chi connectivity index (χ1v) is 10.4. The Hall–Kier alpha value is -1.72. The van der Waals surface area contributed by atoms with Gasteiger partial charge < -0.3 is 4.74 Å². The first-order valence-electron chi connectivity index (χ1n) is 8.49. The SMILES string of the molecule is C[C@H]1[C@H](c2ccccc2)OCN1CC=C(c1ccsc1)c1ccsc1. The van der Waals surface area contributed by atoms with E-state index < -0.39 is 0 Å². The van der Waals surface area contributed by atoms with Gasteiger partial charge in [-0.1, -0.05) is 36.4 Å². The van der Waals surface area contributed by atoms with Crippen molar-refractivity contribution in [2.45, 2.75) is 19.1 Å². The van der Waals surface area contributed by atoms with Crippen LogP contribution >= 0.6 is 22.7 Å². The largest absolute Gasteiger partial charge is 0.357 e. The lowest BCUT2D eigenvalue weighted by molar-refractivity contribution is 0.0911. The number of benzene rings is 1. The average Bonchev–Trinajstić information content (AvgIpc) is 3.39. The second kappa shape index (κ2) is 7.67. The Morgan fingerprint density at radius 2 is 1.76 bits per heavy atom. The maximum Gasteiger partial charge on any atom is 0.100 e. The highest BCUT2D eigenvalue weighted by atomic mass is 32.1. The van der Waals surface area contributed by atoms with Crippen LogP contribution in [0.5, 0.6) is 0 Å². The van der Waals surface area contributed by atoms with Crippen molar-refractivity contribution in [1.82, 2.24) is 4.90 Å². The van der Waals surface area contributed by atoms with Crippen LogP contribution in [0, 0.1) is 0 Å². The van der Waals surface area contributed by atoms with E-state index in [1.807, 2.05) is 0 Å². The molecule has 128 valence electrons. The van der Waals surface area contributed by atoms with Gasteiger partial charge in [0.1, 0.15) is 6.73 Å². The van der Waals surface area contributed by atoms with Gasteiger partial charge in [0.05, 0.1) is 6.10 Å². The minimum atomic E-state index is 0.153. The first-order chi connectivity index (χ1) is 12.3. The Labute approximate surface area is 157 Å². The summed E-state index contributed by atoms with van der Waals surface area (Å²) < 4.78 is 6.08. The van der Waals surface area contributed by atoms with Crippen molar-refractivity contribution < 1.29 is 4.74 Å². The van der Waals surface area contributed by atoms with Crippen LogP contribution in [-0.4, -0.2) is 24.2 Å². The predicted molar refractivity (Wildman–Crippen MR) is 107 cm³/mol. The molecule has 4 heteroatoms. The van der Waals surface area contributed by atoms with Gasteiger partial charge in [-0.3, -0.25) is 4.90 Å². The quantitative estimate of drug-likeness (QED) is 0.577. The lowest BCUT2D eigenvalue weighted by Crippen LogP contribution is -2.29. The molecule has 0 unspecified atom stereocenters. The van der Waals surface area contributed by atoms with Gasteiger partial charge in [-0.15, -0.1) is 0 Å². The van der Waals surface area contributed by atoms with Crippen LogP contribution in [0.25, 0.3) is 5.57 Å². The molecule has 2 nitrogen and oxygen atoms in total. The molecule has 3 heterocycles. The first kappa shape index (κ1) is 16.7. The smallest absolute Gasteiger partial charge is 0.100 e. The van der Waals surface area contributed by atoms with E-state index in [4.69, 9.17) is 4.74 Å². The molecule has 0 amide bonds. The van der Waals surface area contributed by atoms with E-state index in [0.29, 0.717) is 12.8 Å². The fraction of sp³-hybridized carbons (Fsp3) is 0.238. The Morgan fingerprint density at radius 3 is 2.36 bits per heavy atom. The van der Waals surface area contributed by atoms with Gasteiger partial charge in [-0.2, -0.15) is 22.7 Å². The Balaban J connectivity index is 1.52. The number of nitrogens with zero attached hydrogens (tertiary/aromatic N) is 1. The Kier molecular flexibility index (Phi) is 5.13. The molecule has 0 radical (unpaired) electrons. The summed E-state index contributed by atoms with van der Waals surface area (Å²) in [6, 6.07) is 15.3. The Morgan fingerprint density at radius 1 is 1.08 bits per heavy atom. The summed E-state index contributed by atoms with van der Waals surface area (Å²) in [5, 5.41) is 8.73. The van der Waals surface area contributed by atoms with E-state index in [2.05, 4.69) is 81.9 Å². The summed E-state index contributed by atoms with van der Waals surface area (Å²) in [6.07, 6.45) is 2.50. The van der Waals surface area contributed by atoms with E-state index >= 15 is 0 Å². The number of rotatable bonds is 5. The van der Waals surface area contributed by atoms with Crippen LogP contribution in [0.15, 0.2) is 70.1 Å². The topological polar surface area (TPSA) is 12.5 Å². The van der Waals surface area contributed by atoms with Crippen molar-refractivity contribution in [1.29, 1.82) is 0 Å². The highest BCUT2D eigenvalue weighted by Crippen LogP contribution is 2.32. The lowest BCUT2D eigenvalue weighted by Gasteiger charge is -2.21. The van der Waals surface area contributed by atoms with E-state index in [0.717, 1.165) is 6.54 Å². The zero-order chi connectivity index (χ0) is 17.1. The molecule has 1 aliphatic rings. The van der Waals surface area contributed by atoms with Gasteiger partial charge in [0.2, 0.25) is 0 Å². The summed E-state index contributed by atoms with van der Waals surface area (Å²) >= 11 is 3.49. The highest BCUT2D eigenvalue weighted by Gasteiger charge is 2.32. The normalized spacial score (nSPS) is 20.7. The molecule has 2 atom stereocenters. The maximum atomic E-state index is 6.08. The van der Waals surface area contributed by atoms with Gasteiger partial charge in [0.25, 0.3) is 0 Å². The second-order valence-corrected chi connectivity index (χ2v) is 7.84. The summed E-state index contributed by atoms with van der Waals surface area (Å²) in [4.78, 5) is 2.40. The van der Waals surface area contributed by atoms with Gasteiger partial charge >= 0.3 is 0 Å². The third kappa shape index (κ3) is 3.62. The monoisotopic (exact) mass is 367 g/mol. The summed E-state index contributed by atoms with van der Waals surface area (Å²) in [7, 11) is 0. The zero-order valence-electron chi connectivity index (χ0n) is 14.2. The standard InChI is InChI=1S/C21H21NOS2/c1-16-21(17-5-3-2-4-6-17)23-15-22(16)10-7-20(18-8-11-24-13-18)19-9-12-25-14-19/h2-9,11-14,16,21H,10,15H2,1H3/t16-,21+/m0/s1. The minimum Gasteiger partial charge on any atom is -0.357 e. The zero-order valence-corrected chi connectivity index (χ0v) is 15.8. The van der Waals surface area contributed by atoms with Gasteiger partial charge in [-0.05, 0) is 62.8 Å². The fourth-order valence-electron chi connectivity index (χ4n) is 3.31. The van der Waals surface area contributed by atoms with Crippen LogP contribution in [0.4, 0.5) is 0 Å². The molecular formula is C21H21NOS2. The molecule has 1 aromatic carbocycles. The van der Waals surface area contributed by atoms with Crippen molar-refractivity contribution in [3.63, 3.8) is 0 Å². The number of hydrogen-bond acceptors (Lipinski definition) is 4. The third-order valence-electron chi connectivity index (χ3n) is 4.76. The second-order valence-electron chi connectivity index (χ2n) is 6.28. The van der Waals surface area contributed by atoms with Crippen molar-refractivity contribution in [2.75, 3.05) is 13.3 Å². The van der Waals surface area contributed by atoms with Crippen molar-refractivity contribution in [3.8, 4) is 0 Å². The fourth-order valence-corrected chi connectivity index (χ4v) is 4.62. The predicted octanol–water partition coefficient (Wildman–Crippen LogP) is 5.66. The van der Waals surface area contributed by atoms with Crippen LogP contribution in [0.2, 0.25) is 0 Å². The van der Waals surface area contributed by atoms with Crippen LogP contribution in [0.1, 0.15) is 29.7 Å². The highest BCUT2D eigenvalue weighted by molar-refractivity contribution is 7.08. The molecule has 0 saturated carbocycles. The molecular weight excluding hydrogens is 346 g/mol. The number of hydrogen-bond donors (Lipinski definition) is 0. The molecule has 4 rings (SSSR count). The molecule has 1 saturated heterocycles. The third-order valence-corrected chi connectivity index (χ3v) is 6.12. The van der Waals surface area contributed by atoms with Gasteiger partial charge in [0, 0.05) is 12.6 Å². The van der Waals surface area contributed by atoms with E-state index in [1.54, 1.807) is 22.7 Å². The molecule has 1 aliphatic heterocycles. The van der Waals surface area contributed by atoms with Crippen molar-refractivity contribution >= 4 is 28.2 Å².